The zero-order valence-corrected chi connectivity index (χ0v) is 16.1. The lowest BCUT2D eigenvalue weighted by Crippen LogP contribution is -2.52. The molecule has 0 radical (unpaired) electrons. The Morgan fingerprint density at radius 2 is 1.74 bits per heavy atom. The van der Waals surface area contributed by atoms with Gasteiger partial charge in [0.25, 0.3) is 0 Å². The quantitative estimate of drug-likeness (QED) is 0.825. The highest BCUT2D eigenvalue weighted by Crippen LogP contribution is 2.33. The molecule has 2 aliphatic heterocycles. The van der Waals surface area contributed by atoms with Crippen LogP contribution in [0.15, 0.2) is 30.5 Å². The number of hydrogen-bond acceptors (Lipinski definition) is 3. The van der Waals surface area contributed by atoms with Crippen molar-refractivity contribution in [3.63, 3.8) is 0 Å². The maximum Gasteiger partial charge on any atom is 0.225 e. The molecule has 1 aromatic rings. The summed E-state index contributed by atoms with van der Waals surface area (Å²) in [7, 11) is 0. The van der Waals surface area contributed by atoms with Gasteiger partial charge in [-0.2, -0.15) is 0 Å². The number of carbonyl (C=O) groups is 2. The zero-order chi connectivity index (χ0) is 18.8. The van der Waals surface area contributed by atoms with E-state index in [1.807, 2.05) is 41.4 Å². The number of amides is 2. The van der Waals surface area contributed by atoms with Crippen molar-refractivity contribution in [3.05, 3.63) is 41.6 Å². The van der Waals surface area contributed by atoms with Crippen LogP contribution in [0.1, 0.15) is 56.2 Å². The molecule has 144 valence electrons. The summed E-state index contributed by atoms with van der Waals surface area (Å²) < 4.78 is 0. The summed E-state index contributed by atoms with van der Waals surface area (Å²) in [4.78, 5) is 31.4. The molecule has 5 heteroatoms. The monoisotopic (exact) mass is 367 g/mol. The minimum Gasteiger partial charge on any atom is -0.340 e. The first-order valence-electron chi connectivity index (χ1n) is 10.2. The Labute approximate surface area is 161 Å². The predicted molar refractivity (Wildman–Crippen MR) is 106 cm³/mol. The van der Waals surface area contributed by atoms with Gasteiger partial charge in [-0.05, 0) is 30.0 Å². The smallest absolute Gasteiger partial charge is 0.225 e. The van der Waals surface area contributed by atoms with E-state index in [9.17, 15) is 9.59 Å². The molecule has 3 aliphatic rings. The van der Waals surface area contributed by atoms with Gasteiger partial charge in [0.15, 0.2) is 0 Å². The molecule has 0 N–H and O–H groups in total. The molecule has 4 rings (SSSR count). The van der Waals surface area contributed by atoms with Crippen molar-refractivity contribution in [2.24, 2.45) is 0 Å². The maximum absolute atomic E-state index is 13.0. The summed E-state index contributed by atoms with van der Waals surface area (Å²) in [5.74, 6) is 0.132. The fourth-order valence-electron chi connectivity index (χ4n) is 4.81. The van der Waals surface area contributed by atoms with Gasteiger partial charge in [-0.15, -0.1) is 0 Å². The summed E-state index contributed by atoms with van der Waals surface area (Å²) in [6, 6.07) is 8.57. The Hall–Kier alpha value is -2.14. The third-order valence-electron chi connectivity index (χ3n) is 6.35. The van der Waals surface area contributed by atoms with Gasteiger partial charge in [-0.3, -0.25) is 14.5 Å². The van der Waals surface area contributed by atoms with E-state index < -0.39 is 0 Å². The average Bonchev–Trinajstić information content (AvgIpc) is 3.23. The highest BCUT2D eigenvalue weighted by atomic mass is 16.2. The second-order valence-corrected chi connectivity index (χ2v) is 7.95. The van der Waals surface area contributed by atoms with Crippen molar-refractivity contribution in [3.8, 4) is 0 Å². The molecular formula is C22H29N3O2. The first-order valence-corrected chi connectivity index (χ1v) is 10.2. The Morgan fingerprint density at radius 3 is 2.44 bits per heavy atom. The molecule has 1 aliphatic carbocycles. The third-order valence-corrected chi connectivity index (χ3v) is 6.35. The fraction of sp³-hybridized carbons (Fsp3) is 0.545. The van der Waals surface area contributed by atoms with Crippen molar-refractivity contribution in [2.75, 3.05) is 26.2 Å². The van der Waals surface area contributed by atoms with Gasteiger partial charge in [-0.25, -0.2) is 0 Å². The van der Waals surface area contributed by atoms with E-state index in [4.69, 9.17) is 0 Å². The lowest BCUT2D eigenvalue weighted by atomic mass is 9.93. The SMILES string of the molecule is CC(=O)N1C=Cc2ccccc2C1CC(=O)N1CCN(C2CCCC2)CC1. The van der Waals surface area contributed by atoms with E-state index in [2.05, 4.69) is 4.90 Å². The Morgan fingerprint density at radius 1 is 1.04 bits per heavy atom. The molecule has 27 heavy (non-hydrogen) atoms. The largest absolute Gasteiger partial charge is 0.340 e. The van der Waals surface area contributed by atoms with Crippen LogP contribution in [-0.2, 0) is 9.59 Å². The molecule has 0 bridgehead atoms. The number of piperazine rings is 1. The van der Waals surface area contributed by atoms with Crippen LogP contribution >= 0.6 is 0 Å². The van der Waals surface area contributed by atoms with Crippen LogP contribution in [-0.4, -0.2) is 58.7 Å². The lowest BCUT2D eigenvalue weighted by molar-refractivity contribution is -0.136. The normalized spacial score (nSPS) is 23.5. The Bertz CT molecular complexity index is 731. The van der Waals surface area contributed by atoms with Gasteiger partial charge in [0, 0.05) is 45.3 Å². The van der Waals surface area contributed by atoms with E-state index in [0.717, 1.165) is 43.3 Å². The Balaban J connectivity index is 1.42. The molecule has 0 aromatic heterocycles. The van der Waals surface area contributed by atoms with Crippen LogP contribution in [0, 0.1) is 0 Å². The maximum atomic E-state index is 13.0. The lowest BCUT2D eigenvalue weighted by Gasteiger charge is -2.39. The molecule has 5 nitrogen and oxygen atoms in total. The highest BCUT2D eigenvalue weighted by Gasteiger charge is 2.32. The molecule has 1 unspecified atom stereocenters. The number of hydrogen-bond donors (Lipinski definition) is 0. The second kappa shape index (κ2) is 7.85. The van der Waals surface area contributed by atoms with E-state index in [1.165, 1.54) is 25.7 Å². The van der Waals surface area contributed by atoms with Gasteiger partial charge < -0.3 is 9.80 Å². The Kier molecular flexibility index (Phi) is 5.30. The van der Waals surface area contributed by atoms with Gasteiger partial charge in [0.2, 0.25) is 11.8 Å². The first-order chi connectivity index (χ1) is 13.1. The van der Waals surface area contributed by atoms with Crippen molar-refractivity contribution in [1.29, 1.82) is 0 Å². The summed E-state index contributed by atoms with van der Waals surface area (Å²) in [5.41, 5.74) is 2.16. The average molecular weight is 367 g/mol. The van der Waals surface area contributed by atoms with Gasteiger partial charge in [-0.1, -0.05) is 37.1 Å². The molecule has 2 fully saturated rings. The first kappa shape index (κ1) is 18.2. The van der Waals surface area contributed by atoms with Crippen LogP contribution in [0.2, 0.25) is 0 Å². The van der Waals surface area contributed by atoms with Crippen LogP contribution in [0.25, 0.3) is 6.08 Å². The number of benzene rings is 1. The summed E-state index contributed by atoms with van der Waals surface area (Å²) >= 11 is 0. The molecule has 1 aromatic carbocycles. The molecular weight excluding hydrogens is 338 g/mol. The standard InChI is InChI=1S/C22H29N3O2/c1-17(26)25-11-10-18-6-2-5-9-20(18)21(25)16-22(27)24-14-12-23(13-15-24)19-7-3-4-8-19/h2,5-6,9-11,19,21H,3-4,7-8,12-16H2,1H3. The highest BCUT2D eigenvalue weighted by molar-refractivity contribution is 5.82. The fourth-order valence-corrected chi connectivity index (χ4v) is 4.81. The summed E-state index contributed by atoms with van der Waals surface area (Å²) in [5, 5.41) is 0. The molecule has 1 saturated carbocycles. The van der Waals surface area contributed by atoms with Crippen molar-refractivity contribution < 1.29 is 9.59 Å². The van der Waals surface area contributed by atoms with Crippen molar-refractivity contribution >= 4 is 17.9 Å². The van der Waals surface area contributed by atoms with E-state index in [-0.39, 0.29) is 17.9 Å². The third kappa shape index (κ3) is 3.79. The molecule has 0 spiro atoms. The number of carbonyl (C=O) groups excluding carboxylic acids is 2. The predicted octanol–water partition coefficient (Wildman–Crippen LogP) is 3.04. The number of rotatable bonds is 3. The van der Waals surface area contributed by atoms with Gasteiger partial charge in [0.05, 0.1) is 12.5 Å². The van der Waals surface area contributed by atoms with Crippen molar-refractivity contribution in [2.45, 2.75) is 51.1 Å². The zero-order valence-electron chi connectivity index (χ0n) is 16.1. The number of nitrogens with zero attached hydrogens (tertiary/aromatic N) is 3. The van der Waals surface area contributed by atoms with Crippen molar-refractivity contribution in [1.82, 2.24) is 14.7 Å². The minimum atomic E-state index is -0.205. The summed E-state index contributed by atoms with van der Waals surface area (Å²) in [6.45, 7) is 5.14. The van der Waals surface area contributed by atoms with E-state index >= 15 is 0 Å². The van der Waals surface area contributed by atoms with Crippen LogP contribution in [0.3, 0.4) is 0 Å². The molecule has 2 amide bonds. The van der Waals surface area contributed by atoms with Crippen LogP contribution in [0.4, 0.5) is 0 Å². The topological polar surface area (TPSA) is 43.9 Å². The van der Waals surface area contributed by atoms with Gasteiger partial charge in [0.1, 0.15) is 0 Å². The molecule has 1 atom stereocenters. The molecule has 2 heterocycles. The summed E-state index contributed by atoms with van der Waals surface area (Å²) in [6.07, 6.45) is 9.45. The second-order valence-electron chi connectivity index (χ2n) is 7.95. The van der Waals surface area contributed by atoms with Crippen LogP contribution in [0.5, 0.6) is 0 Å². The minimum absolute atomic E-state index is 0.0235. The van der Waals surface area contributed by atoms with E-state index in [0.29, 0.717) is 6.42 Å². The molecule has 1 saturated heterocycles. The van der Waals surface area contributed by atoms with Crippen LogP contribution < -0.4 is 0 Å². The van der Waals surface area contributed by atoms with Gasteiger partial charge >= 0.3 is 0 Å². The van der Waals surface area contributed by atoms with E-state index in [1.54, 1.807) is 11.8 Å². The number of fused-ring (bicyclic) bond motifs is 1.